The van der Waals surface area contributed by atoms with Crippen molar-refractivity contribution in [1.82, 2.24) is 4.31 Å². The molecule has 0 bridgehead atoms. The van der Waals surface area contributed by atoms with Crippen LogP contribution in [0.5, 0.6) is 0 Å². The van der Waals surface area contributed by atoms with E-state index in [0.29, 0.717) is 6.42 Å². The summed E-state index contributed by atoms with van der Waals surface area (Å²) in [5.41, 5.74) is 0. The minimum absolute atomic E-state index is 0.125. The number of rotatable bonds is 7. The normalized spacial score (nSPS) is 14.4. The van der Waals surface area contributed by atoms with E-state index in [1.165, 1.54) is 0 Å². The molecule has 0 spiro atoms. The molecule has 0 N–H and O–H groups in total. The smallest absolute Gasteiger partial charge is 0.244 e. The highest BCUT2D eigenvalue weighted by Gasteiger charge is 2.66. The van der Waals surface area contributed by atoms with Crippen LogP contribution in [-0.4, -0.2) is 44.2 Å². The Bertz CT molecular complexity index is 344. The van der Waals surface area contributed by atoms with E-state index in [9.17, 15) is 30.4 Å². The van der Waals surface area contributed by atoms with E-state index in [0.717, 1.165) is 7.05 Å². The molecule has 9 heteroatoms. The molecule has 17 heavy (non-hydrogen) atoms. The van der Waals surface area contributed by atoms with Crippen molar-refractivity contribution in [3.8, 4) is 0 Å². The van der Waals surface area contributed by atoms with E-state index in [1.54, 1.807) is 6.92 Å². The van der Waals surface area contributed by atoms with Gasteiger partial charge in [0.15, 0.2) is 6.67 Å². The topological polar surface area (TPSA) is 37.4 Å². The Kier molecular flexibility index (Phi) is 5.33. The van der Waals surface area contributed by atoms with Gasteiger partial charge in [0.1, 0.15) is 0 Å². The molecule has 0 aromatic heterocycles. The maximum atomic E-state index is 13.0. The van der Waals surface area contributed by atoms with E-state index >= 15 is 0 Å². The predicted molar refractivity (Wildman–Crippen MR) is 52.3 cm³/mol. The predicted octanol–water partition coefficient (Wildman–Crippen LogP) is 2.25. The van der Waals surface area contributed by atoms with Crippen LogP contribution in [0.1, 0.15) is 19.8 Å². The van der Waals surface area contributed by atoms with Gasteiger partial charge in [0.2, 0.25) is 0 Å². The Balaban J connectivity index is 5.17. The van der Waals surface area contributed by atoms with Gasteiger partial charge in [0.05, 0.1) is 0 Å². The summed E-state index contributed by atoms with van der Waals surface area (Å²) in [6, 6.07) is 0. The molecule has 0 aliphatic carbocycles. The van der Waals surface area contributed by atoms with Gasteiger partial charge in [-0.25, -0.2) is 12.8 Å². The van der Waals surface area contributed by atoms with Crippen LogP contribution < -0.4 is 0 Å². The summed E-state index contributed by atoms with van der Waals surface area (Å²) in [6.07, 6.45) is 0.748. The number of nitrogens with zero attached hydrogens (tertiary/aromatic N) is 1. The summed E-state index contributed by atoms with van der Waals surface area (Å²) >= 11 is 0. The fraction of sp³-hybridized carbons (Fsp3) is 1.00. The van der Waals surface area contributed by atoms with Gasteiger partial charge >= 0.3 is 11.2 Å². The van der Waals surface area contributed by atoms with Crippen molar-refractivity contribution in [2.45, 2.75) is 30.9 Å². The standard InChI is InChI=1S/C8H14F5NO2S/c1-3-4-5-14(2)17(15,16)8(12,13)7(10,11)6-9/h3-6H2,1-2H3. The molecule has 0 fully saturated rings. The highest BCUT2D eigenvalue weighted by molar-refractivity contribution is 7.90. The van der Waals surface area contributed by atoms with E-state index in [2.05, 4.69) is 0 Å². The number of hydrogen-bond donors (Lipinski definition) is 0. The number of halogens is 5. The van der Waals surface area contributed by atoms with Gasteiger partial charge in [-0.2, -0.15) is 21.9 Å². The Morgan fingerprint density at radius 3 is 2.00 bits per heavy atom. The summed E-state index contributed by atoms with van der Waals surface area (Å²) in [4.78, 5) is 0. The van der Waals surface area contributed by atoms with E-state index < -0.39 is 27.9 Å². The number of alkyl halides is 5. The molecule has 0 heterocycles. The van der Waals surface area contributed by atoms with Crippen LogP contribution >= 0.6 is 0 Å². The molecule has 0 radical (unpaired) electrons. The Labute approximate surface area is 96.6 Å². The molecule has 0 aliphatic rings. The van der Waals surface area contributed by atoms with Gasteiger partial charge in [-0.1, -0.05) is 13.3 Å². The number of sulfonamides is 1. The molecule has 0 saturated heterocycles. The van der Waals surface area contributed by atoms with E-state index in [-0.39, 0.29) is 17.3 Å². The van der Waals surface area contributed by atoms with Crippen molar-refractivity contribution < 1.29 is 30.4 Å². The highest BCUT2D eigenvalue weighted by Crippen LogP contribution is 2.40. The first-order valence-electron chi connectivity index (χ1n) is 4.82. The average molecular weight is 283 g/mol. The van der Waals surface area contributed by atoms with E-state index in [4.69, 9.17) is 0 Å². The van der Waals surface area contributed by atoms with Crippen LogP contribution in [0.25, 0.3) is 0 Å². The average Bonchev–Trinajstić information content (AvgIpc) is 2.24. The second-order valence-electron chi connectivity index (χ2n) is 3.53. The third kappa shape index (κ3) is 3.06. The van der Waals surface area contributed by atoms with Crippen molar-refractivity contribution in [2.24, 2.45) is 0 Å². The summed E-state index contributed by atoms with van der Waals surface area (Å²) in [6.45, 7) is -1.38. The van der Waals surface area contributed by atoms with Gasteiger partial charge < -0.3 is 0 Å². The van der Waals surface area contributed by atoms with Crippen LogP contribution in [0.15, 0.2) is 0 Å². The minimum atomic E-state index is -5.57. The second-order valence-corrected chi connectivity index (χ2v) is 5.62. The molecule has 0 aromatic carbocycles. The summed E-state index contributed by atoms with van der Waals surface area (Å²) in [7, 11) is -4.81. The lowest BCUT2D eigenvalue weighted by Gasteiger charge is -2.28. The van der Waals surface area contributed by atoms with Crippen LogP contribution in [0, 0.1) is 0 Å². The lowest BCUT2D eigenvalue weighted by molar-refractivity contribution is -0.167. The first kappa shape index (κ1) is 16.6. The third-order valence-electron chi connectivity index (χ3n) is 2.15. The lowest BCUT2D eigenvalue weighted by Crippen LogP contribution is -2.53. The molecule has 0 amide bonds. The SMILES string of the molecule is CCCCN(C)S(=O)(=O)C(F)(F)C(F)(F)CF. The van der Waals surface area contributed by atoms with Crippen molar-refractivity contribution in [2.75, 3.05) is 20.3 Å². The quantitative estimate of drug-likeness (QED) is 0.672. The molecule has 0 aromatic rings. The van der Waals surface area contributed by atoms with Crippen molar-refractivity contribution in [3.05, 3.63) is 0 Å². The molecule has 0 atom stereocenters. The second kappa shape index (κ2) is 5.47. The molecule has 3 nitrogen and oxygen atoms in total. The van der Waals surface area contributed by atoms with Crippen LogP contribution in [-0.2, 0) is 10.0 Å². The van der Waals surface area contributed by atoms with Crippen molar-refractivity contribution in [1.29, 1.82) is 0 Å². The summed E-state index contributed by atoms with van der Waals surface area (Å²) in [5, 5.41) is -5.45. The highest BCUT2D eigenvalue weighted by atomic mass is 32.2. The van der Waals surface area contributed by atoms with Crippen LogP contribution in [0.3, 0.4) is 0 Å². The first-order chi connectivity index (χ1) is 7.54. The maximum absolute atomic E-state index is 13.0. The Morgan fingerprint density at radius 2 is 1.65 bits per heavy atom. The Hall–Kier alpha value is -0.440. The zero-order valence-corrected chi connectivity index (χ0v) is 10.2. The maximum Gasteiger partial charge on any atom is 0.423 e. The molecule has 0 aliphatic heterocycles. The summed E-state index contributed by atoms with van der Waals surface area (Å²) in [5.74, 6) is -5.23. The molecule has 0 rings (SSSR count). The Morgan fingerprint density at radius 1 is 1.18 bits per heavy atom. The van der Waals surface area contributed by atoms with Gasteiger partial charge in [-0.15, -0.1) is 0 Å². The first-order valence-corrected chi connectivity index (χ1v) is 6.26. The van der Waals surface area contributed by atoms with Gasteiger partial charge in [-0.05, 0) is 6.42 Å². The monoisotopic (exact) mass is 283 g/mol. The zero-order chi connectivity index (χ0) is 13.9. The van der Waals surface area contributed by atoms with Gasteiger partial charge in [0.25, 0.3) is 10.0 Å². The van der Waals surface area contributed by atoms with E-state index in [1.807, 2.05) is 0 Å². The van der Waals surface area contributed by atoms with Crippen molar-refractivity contribution >= 4 is 10.0 Å². The molecule has 104 valence electrons. The van der Waals surface area contributed by atoms with Gasteiger partial charge in [-0.3, -0.25) is 0 Å². The van der Waals surface area contributed by atoms with Crippen LogP contribution in [0.2, 0.25) is 0 Å². The fourth-order valence-corrected chi connectivity index (χ4v) is 2.16. The van der Waals surface area contributed by atoms with Crippen LogP contribution in [0.4, 0.5) is 22.0 Å². The third-order valence-corrected chi connectivity index (χ3v) is 4.10. The molecule has 0 saturated carbocycles. The van der Waals surface area contributed by atoms with Gasteiger partial charge in [0, 0.05) is 13.6 Å². The minimum Gasteiger partial charge on any atom is -0.244 e. The molecular weight excluding hydrogens is 269 g/mol. The zero-order valence-electron chi connectivity index (χ0n) is 9.39. The largest absolute Gasteiger partial charge is 0.423 e. The lowest BCUT2D eigenvalue weighted by atomic mass is 10.3. The fourth-order valence-electron chi connectivity index (χ4n) is 0.963. The molecular formula is C8H14F5NO2S. The number of hydrogen-bond acceptors (Lipinski definition) is 2. The van der Waals surface area contributed by atoms with Crippen molar-refractivity contribution in [3.63, 3.8) is 0 Å². The molecule has 0 unspecified atom stereocenters. The summed E-state index contributed by atoms with van der Waals surface area (Å²) < 4.78 is 85.5. The number of unbranched alkanes of at least 4 members (excludes halogenated alkanes) is 1.